The second-order valence-corrected chi connectivity index (χ2v) is 6.46. The number of nitrogens with zero attached hydrogens (tertiary/aromatic N) is 2. The van der Waals surface area contributed by atoms with E-state index in [0.29, 0.717) is 18.5 Å². The van der Waals surface area contributed by atoms with Crippen molar-refractivity contribution in [2.75, 3.05) is 20.3 Å². The number of hydrogen-bond donors (Lipinski definition) is 1. The Morgan fingerprint density at radius 1 is 1.03 bits per heavy atom. The lowest BCUT2D eigenvalue weighted by atomic mass is 10.1. The molecule has 0 saturated carbocycles. The van der Waals surface area contributed by atoms with Gasteiger partial charge in [-0.25, -0.2) is 9.48 Å². The normalized spacial score (nSPS) is 10.4. The first-order valence-corrected chi connectivity index (χ1v) is 9.24. The Labute approximate surface area is 169 Å². The zero-order chi connectivity index (χ0) is 20.6. The predicted molar refractivity (Wildman–Crippen MR) is 108 cm³/mol. The average Bonchev–Trinajstić information content (AvgIpc) is 3.18. The van der Waals surface area contributed by atoms with Gasteiger partial charge in [0.15, 0.2) is 6.61 Å². The molecule has 0 spiro atoms. The maximum Gasteiger partial charge on any atom is 0.338 e. The van der Waals surface area contributed by atoms with Gasteiger partial charge in [0.25, 0.3) is 5.91 Å². The number of amides is 1. The summed E-state index contributed by atoms with van der Waals surface area (Å²) < 4.78 is 12.0. The maximum absolute atomic E-state index is 12.1. The highest BCUT2D eigenvalue weighted by Gasteiger charge is 2.11. The molecule has 7 heteroatoms. The summed E-state index contributed by atoms with van der Waals surface area (Å²) in [6.45, 7) is 2.09. The van der Waals surface area contributed by atoms with Crippen molar-refractivity contribution in [1.82, 2.24) is 15.1 Å². The molecular formula is C22H23N3O4. The molecule has 0 bridgehead atoms. The molecule has 0 aliphatic rings. The quantitative estimate of drug-likeness (QED) is 0.595. The number of rotatable bonds is 8. The summed E-state index contributed by atoms with van der Waals surface area (Å²) in [5.74, 6) is -0.0906. The number of methoxy groups -OCH3 is 1. The van der Waals surface area contributed by atoms with E-state index in [0.717, 1.165) is 22.7 Å². The maximum atomic E-state index is 12.1. The van der Waals surface area contributed by atoms with Crippen LogP contribution in [0.1, 0.15) is 21.6 Å². The molecular weight excluding hydrogens is 370 g/mol. The molecule has 1 heterocycles. The fraction of sp³-hybridized carbons (Fsp3) is 0.227. The van der Waals surface area contributed by atoms with Gasteiger partial charge in [0.05, 0.1) is 18.4 Å². The van der Waals surface area contributed by atoms with Crippen LogP contribution in [0.3, 0.4) is 0 Å². The number of ether oxygens (including phenoxy) is 2. The lowest BCUT2D eigenvalue weighted by Gasteiger charge is -2.08. The molecule has 7 nitrogen and oxygen atoms in total. The Bertz CT molecular complexity index is 962. The van der Waals surface area contributed by atoms with E-state index in [1.165, 1.54) is 0 Å². The molecule has 1 N–H and O–H groups in total. The Morgan fingerprint density at radius 2 is 1.76 bits per heavy atom. The van der Waals surface area contributed by atoms with Crippen LogP contribution >= 0.6 is 0 Å². The molecule has 0 saturated heterocycles. The van der Waals surface area contributed by atoms with E-state index >= 15 is 0 Å². The SMILES string of the molecule is COc1ccc(CCNC(=O)COC(=O)c2ccc(-n3nccc3C)cc2)cc1. The molecule has 1 amide bonds. The molecule has 0 unspecified atom stereocenters. The summed E-state index contributed by atoms with van der Waals surface area (Å²) in [7, 11) is 1.62. The number of benzene rings is 2. The lowest BCUT2D eigenvalue weighted by Crippen LogP contribution is -2.30. The largest absolute Gasteiger partial charge is 0.497 e. The van der Waals surface area contributed by atoms with Crippen LogP contribution < -0.4 is 10.1 Å². The minimum atomic E-state index is -0.543. The highest BCUT2D eigenvalue weighted by atomic mass is 16.5. The summed E-state index contributed by atoms with van der Waals surface area (Å²) in [5, 5.41) is 6.96. The van der Waals surface area contributed by atoms with Gasteiger partial charge in [-0.2, -0.15) is 5.10 Å². The van der Waals surface area contributed by atoms with Gasteiger partial charge in [-0.3, -0.25) is 4.79 Å². The van der Waals surface area contributed by atoms with Crippen LogP contribution in [-0.4, -0.2) is 41.9 Å². The molecule has 2 aromatic carbocycles. The highest BCUT2D eigenvalue weighted by molar-refractivity contribution is 5.91. The van der Waals surface area contributed by atoms with Crippen molar-refractivity contribution in [3.8, 4) is 11.4 Å². The molecule has 0 fully saturated rings. The third-order valence-corrected chi connectivity index (χ3v) is 4.41. The van der Waals surface area contributed by atoms with Crippen molar-refractivity contribution < 1.29 is 19.1 Å². The molecule has 3 aromatic rings. The van der Waals surface area contributed by atoms with Crippen LogP contribution in [0.5, 0.6) is 5.75 Å². The second kappa shape index (κ2) is 9.54. The Kier molecular flexibility index (Phi) is 6.63. The van der Waals surface area contributed by atoms with Crippen LogP contribution in [0.2, 0.25) is 0 Å². The lowest BCUT2D eigenvalue weighted by molar-refractivity contribution is -0.124. The van der Waals surface area contributed by atoms with Crippen molar-refractivity contribution in [1.29, 1.82) is 0 Å². The average molecular weight is 393 g/mol. The van der Waals surface area contributed by atoms with Crippen molar-refractivity contribution in [3.63, 3.8) is 0 Å². The Balaban J connectivity index is 1.42. The van der Waals surface area contributed by atoms with Crippen molar-refractivity contribution in [3.05, 3.63) is 77.6 Å². The number of carbonyl (C=O) groups is 2. The van der Waals surface area contributed by atoms with Gasteiger partial charge in [-0.1, -0.05) is 12.1 Å². The predicted octanol–water partition coefficient (Wildman–Crippen LogP) is 2.71. The smallest absolute Gasteiger partial charge is 0.338 e. The fourth-order valence-electron chi connectivity index (χ4n) is 2.78. The van der Waals surface area contributed by atoms with Gasteiger partial charge >= 0.3 is 5.97 Å². The molecule has 150 valence electrons. The van der Waals surface area contributed by atoms with Crippen molar-refractivity contribution >= 4 is 11.9 Å². The molecule has 3 rings (SSSR count). The molecule has 0 radical (unpaired) electrons. The number of esters is 1. The van der Waals surface area contributed by atoms with Gasteiger partial charge < -0.3 is 14.8 Å². The topological polar surface area (TPSA) is 82.5 Å². The molecule has 0 aliphatic heterocycles. The first kappa shape index (κ1) is 20.1. The zero-order valence-corrected chi connectivity index (χ0v) is 16.4. The van der Waals surface area contributed by atoms with E-state index < -0.39 is 5.97 Å². The molecule has 0 atom stereocenters. The molecule has 0 aliphatic carbocycles. The zero-order valence-electron chi connectivity index (χ0n) is 16.4. The number of aromatic nitrogens is 2. The first-order chi connectivity index (χ1) is 14.1. The minimum absolute atomic E-state index is 0.318. The van der Waals surface area contributed by atoms with Crippen molar-refractivity contribution in [2.45, 2.75) is 13.3 Å². The Hall–Kier alpha value is -3.61. The van der Waals surface area contributed by atoms with E-state index in [2.05, 4.69) is 10.4 Å². The van der Waals surface area contributed by atoms with Gasteiger partial charge in [0.1, 0.15) is 5.75 Å². The van der Waals surface area contributed by atoms with E-state index in [4.69, 9.17) is 9.47 Å². The van der Waals surface area contributed by atoms with Gasteiger partial charge in [-0.05, 0) is 61.4 Å². The van der Waals surface area contributed by atoms with Crippen LogP contribution in [0.15, 0.2) is 60.8 Å². The first-order valence-electron chi connectivity index (χ1n) is 9.24. The molecule has 29 heavy (non-hydrogen) atoms. The van der Waals surface area contributed by atoms with E-state index in [9.17, 15) is 9.59 Å². The standard InChI is InChI=1S/C22H23N3O4/c1-16-11-14-24-25(16)19-7-5-18(6-8-19)22(27)29-15-21(26)23-13-12-17-3-9-20(28-2)10-4-17/h3-11,14H,12-13,15H2,1-2H3,(H,23,26). The number of hydrogen-bond acceptors (Lipinski definition) is 5. The van der Waals surface area contributed by atoms with Crippen molar-refractivity contribution in [2.24, 2.45) is 0 Å². The minimum Gasteiger partial charge on any atom is -0.497 e. The van der Waals surface area contributed by atoms with Crippen LogP contribution in [0.4, 0.5) is 0 Å². The third-order valence-electron chi connectivity index (χ3n) is 4.41. The summed E-state index contributed by atoms with van der Waals surface area (Å²) in [6.07, 6.45) is 2.39. The van der Waals surface area contributed by atoms with Crippen LogP contribution in [0, 0.1) is 6.92 Å². The summed E-state index contributed by atoms with van der Waals surface area (Å²) in [5.41, 5.74) is 3.30. The van der Waals surface area contributed by atoms with Crippen LogP contribution in [0.25, 0.3) is 5.69 Å². The van der Waals surface area contributed by atoms with E-state index in [-0.39, 0.29) is 12.5 Å². The molecule has 1 aromatic heterocycles. The number of aryl methyl sites for hydroxylation is 1. The van der Waals surface area contributed by atoms with Gasteiger partial charge in [0.2, 0.25) is 0 Å². The summed E-state index contributed by atoms with van der Waals surface area (Å²) >= 11 is 0. The monoisotopic (exact) mass is 393 g/mol. The highest BCUT2D eigenvalue weighted by Crippen LogP contribution is 2.12. The third kappa shape index (κ3) is 5.44. The van der Waals surface area contributed by atoms with E-state index in [1.807, 2.05) is 37.3 Å². The van der Waals surface area contributed by atoms with Crippen LogP contribution in [-0.2, 0) is 16.0 Å². The Morgan fingerprint density at radius 3 is 2.38 bits per heavy atom. The van der Waals surface area contributed by atoms with Gasteiger partial charge in [0, 0.05) is 18.4 Å². The fourth-order valence-corrected chi connectivity index (χ4v) is 2.78. The summed E-state index contributed by atoms with van der Waals surface area (Å²) in [4.78, 5) is 24.0. The number of carbonyl (C=O) groups excluding carboxylic acids is 2. The number of nitrogens with one attached hydrogen (secondary N) is 1. The second-order valence-electron chi connectivity index (χ2n) is 6.46. The summed E-state index contributed by atoms with van der Waals surface area (Å²) in [6, 6.07) is 16.4. The van der Waals surface area contributed by atoms with Gasteiger partial charge in [-0.15, -0.1) is 0 Å². The van der Waals surface area contributed by atoms with E-state index in [1.54, 1.807) is 42.3 Å².